The Kier molecular flexibility index (Phi) is 5.76. The van der Waals surface area contributed by atoms with Crippen molar-refractivity contribution >= 4 is 6.29 Å². The Morgan fingerprint density at radius 2 is 2.04 bits per heavy atom. The van der Waals surface area contributed by atoms with Gasteiger partial charge in [-0.05, 0) is 25.5 Å². The number of hydrogen-bond acceptors (Lipinski definition) is 5. The van der Waals surface area contributed by atoms with Crippen molar-refractivity contribution in [2.24, 2.45) is 0 Å². The van der Waals surface area contributed by atoms with E-state index in [1.807, 2.05) is 0 Å². The molecule has 9 heteroatoms. The highest BCUT2D eigenvalue weighted by Gasteiger charge is 2.48. The van der Waals surface area contributed by atoms with Crippen molar-refractivity contribution in [1.29, 1.82) is 0 Å². The lowest BCUT2D eigenvalue weighted by atomic mass is 9.86. The molecule has 1 aliphatic rings. The predicted molar refractivity (Wildman–Crippen MR) is 91.7 cm³/mol. The van der Waals surface area contributed by atoms with E-state index >= 15 is 0 Å². The van der Waals surface area contributed by atoms with Crippen molar-refractivity contribution in [3.8, 4) is 0 Å². The van der Waals surface area contributed by atoms with Crippen LogP contribution in [0.25, 0.3) is 0 Å². The molecule has 150 valence electrons. The van der Waals surface area contributed by atoms with Crippen LogP contribution in [0.2, 0.25) is 0 Å². The third-order valence-corrected chi connectivity index (χ3v) is 4.97. The van der Waals surface area contributed by atoms with Gasteiger partial charge in [-0.3, -0.25) is 4.90 Å². The Hall–Kier alpha value is -2.39. The molecule has 0 bridgehead atoms. The van der Waals surface area contributed by atoms with E-state index in [0.717, 1.165) is 23.1 Å². The summed E-state index contributed by atoms with van der Waals surface area (Å²) in [7, 11) is 0. The second-order valence-corrected chi connectivity index (χ2v) is 6.77. The van der Waals surface area contributed by atoms with Gasteiger partial charge in [0, 0.05) is 23.9 Å². The van der Waals surface area contributed by atoms with Crippen LogP contribution in [0, 0.1) is 18.6 Å². The molecule has 28 heavy (non-hydrogen) atoms. The molecule has 0 radical (unpaired) electrons. The van der Waals surface area contributed by atoms with Crippen molar-refractivity contribution in [1.82, 2.24) is 14.9 Å². The van der Waals surface area contributed by atoms with Crippen LogP contribution < -0.4 is 0 Å². The number of aliphatic hydroxyl groups excluding tert-OH is 1. The topological polar surface area (TPSA) is 66.3 Å². The minimum atomic E-state index is -3.33. The van der Waals surface area contributed by atoms with E-state index in [1.165, 1.54) is 6.20 Å². The van der Waals surface area contributed by atoms with Crippen LogP contribution in [0.15, 0.2) is 24.4 Å². The fourth-order valence-electron chi connectivity index (χ4n) is 3.61. The Balaban J connectivity index is 1.91. The van der Waals surface area contributed by atoms with Gasteiger partial charge in [-0.2, -0.15) is 0 Å². The third kappa shape index (κ3) is 3.77. The molecule has 0 saturated carbocycles. The molecule has 0 aliphatic carbocycles. The highest BCUT2D eigenvalue weighted by Crippen LogP contribution is 2.43. The molecule has 2 heterocycles. The van der Waals surface area contributed by atoms with E-state index in [9.17, 15) is 27.5 Å². The Labute approximate surface area is 159 Å². The van der Waals surface area contributed by atoms with E-state index in [0.29, 0.717) is 5.82 Å². The molecule has 1 aromatic heterocycles. The van der Waals surface area contributed by atoms with Gasteiger partial charge in [0.1, 0.15) is 23.7 Å². The van der Waals surface area contributed by atoms with Gasteiger partial charge in [-0.15, -0.1) is 0 Å². The average Bonchev–Trinajstić information content (AvgIpc) is 2.64. The second kappa shape index (κ2) is 7.92. The number of aryl methyl sites for hydroxylation is 1. The first-order valence-corrected chi connectivity index (χ1v) is 8.72. The number of carbonyl (C=O) groups is 1. The standard InChI is InChI=1S/C19H19F4N3O2/c1-11-24-7-12(8-27)18(25-11)13-5-6-26(10-19(13,22)23)16(9-28)17-14(20)3-2-4-15(17)21/h2-4,7,9,13,16,27H,5-6,8,10H2,1H3. The van der Waals surface area contributed by atoms with Gasteiger partial charge in [-0.1, -0.05) is 6.07 Å². The minimum Gasteiger partial charge on any atom is -0.392 e. The number of aliphatic hydroxyl groups is 1. The molecular formula is C19H19F4N3O2. The van der Waals surface area contributed by atoms with Crippen LogP contribution in [0.4, 0.5) is 17.6 Å². The largest absolute Gasteiger partial charge is 0.392 e. The first kappa shape index (κ1) is 20.3. The Morgan fingerprint density at radius 1 is 1.36 bits per heavy atom. The van der Waals surface area contributed by atoms with Crippen molar-refractivity contribution in [3.05, 3.63) is 58.7 Å². The van der Waals surface area contributed by atoms with Gasteiger partial charge >= 0.3 is 0 Å². The predicted octanol–water partition coefficient (Wildman–Crippen LogP) is 2.92. The molecule has 1 N–H and O–H groups in total. The zero-order chi connectivity index (χ0) is 20.5. The van der Waals surface area contributed by atoms with E-state index in [2.05, 4.69) is 9.97 Å². The summed E-state index contributed by atoms with van der Waals surface area (Å²) in [5.41, 5.74) is -0.282. The summed E-state index contributed by atoms with van der Waals surface area (Å²) < 4.78 is 58.1. The molecule has 2 aromatic rings. The maximum absolute atomic E-state index is 15.0. The highest BCUT2D eigenvalue weighted by molar-refractivity contribution is 5.62. The van der Waals surface area contributed by atoms with E-state index in [-0.39, 0.29) is 30.5 Å². The zero-order valence-corrected chi connectivity index (χ0v) is 15.1. The van der Waals surface area contributed by atoms with Gasteiger partial charge in [-0.25, -0.2) is 27.5 Å². The van der Waals surface area contributed by atoms with Crippen molar-refractivity contribution in [3.63, 3.8) is 0 Å². The number of aromatic nitrogens is 2. The molecule has 0 spiro atoms. The summed E-state index contributed by atoms with van der Waals surface area (Å²) in [6.07, 6.45) is 1.48. The first-order valence-electron chi connectivity index (χ1n) is 8.72. The first-order chi connectivity index (χ1) is 13.3. The van der Waals surface area contributed by atoms with Crippen LogP contribution in [0.1, 0.15) is 41.0 Å². The molecule has 1 saturated heterocycles. The maximum Gasteiger partial charge on any atom is 0.268 e. The lowest BCUT2D eigenvalue weighted by molar-refractivity contribution is -0.122. The normalized spacial score (nSPS) is 20.7. The molecule has 1 fully saturated rings. The van der Waals surface area contributed by atoms with Crippen LogP contribution in [0.3, 0.4) is 0 Å². The smallest absolute Gasteiger partial charge is 0.268 e. The fourth-order valence-corrected chi connectivity index (χ4v) is 3.61. The Bertz CT molecular complexity index is 858. The van der Waals surface area contributed by atoms with Gasteiger partial charge in [0.25, 0.3) is 5.92 Å². The minimum absolute atomic E-state index is 0.00531. The Morgan fingerprint density at radius 3 is 2.61 bits per heavy atom. The lowest BCUT2D eigenvalue weighted by Gasteiger charge is -2.40. The lowest BCUT2D eigenvalue weighted by Crippen LogP contribution is -2.49. The molecule has 2 unspecified atom stereocenters. The average molecular weight is 397 g/mol. The summed E-state index contributed by atoms with van der Waals surface area (Å²) in [6, 6.07) is 1.65. The van der Waals surface area contributed by atoms with Crippen LogP contribution in [-0.2, 0) is 11.4 Å². The van der Waals surface area contributed by atoms with Gasteiger partial charge < -0.3 is 9.90 Å². The van der Waals surface area contributed by atoms with Crippen LogP contribution in [0.5, 0.6) is 0 Å². The van der Waals surface area contributed by atoms with Crippen molar-refractivity contribution in [2.75, 3.05) is 13.1 Å². The fraction of sp³-hybridized carbons (Fsp3) is 0.421. The van der Waals surface area contributed by atoms with Crippen molar-refractivity contribution in [2.45, 2.75) is 37.8 Å². The summed E-state index contributed by atoms with van der Waals surface area (Å²) >= 11 is 0. The number of halogens is 4. The zero-order valence-electron chi connectivity index (χ0n) is 15.1. The van der Waals surface area contributed by atoms with Crippen molar-refractivity contribution < 1.29 is 27.5 Å². The third-order valence-electron chi connectivity index (χ3n) is 4.97. The van der Waals surface area contributed by atoms with Gasteiger partial charge in [0.15, 0.2) is 0 Å². The number of rotatable bonds is 5. The highest BCUT2D eigenvalue weighted by atomic mass is 19.3. The summed E-state index contributed by atoms with van der Waals surface area (Å²) in [4.78, 5) is 20.6. The van der Waals surface area contributed by atoms with E-state index < -0.39 is 48.2 Å². The molecule has 3 rings (SSSR count). The number of alkyl halides is 2. The van der Waals surface area contributed by atoms with E-state index in [4.69, 9.17) is 0 Å². The maximum atomic E-state index is 15.0. The molecule has 5 nitrogen and oxygen atoms in total. The second-order valence-electron chi connectivity index (χ2n) is 6.77. The number of likely N-dealkylation sites (tertiary alicyclic amines) is 1. The quantitative estimate of drug-likeness (QED) is 0.621. The molecule has 1 aromatic carbocycles. The monoisotopic (exact) mass is 397 g/mol. The summed E-state index contributed by atoms with van der Waals surface area (Å²) in [6.45, 7) is 0.207. The van der Waals surface area contributed by atoms with Gasteiger partial charge in [0.2, 0.25) is 0 Å². The molecule has 0 amide bonds. The van der Waals surface area contributed by atoms with E-state index in [1.54, 1.807) is 6.92 Å². The number of hydrogen-bond donors (Lipinski definition) is 1. The summed E-state index contributed by atoms with van der Waals surface area (Å²) in [5, 5.41) is 9.43. The molecule has 1 aliphatic heterocycles. The van der Waals surface area contributed by atoms with Crippen LogP contribution >= 0.6 is 0 Å². The number of aldehydes is 1. The number of benzene rings is 1. The number of carbonyl (C=O) groups excluding carboxylic acids is 1. The molecular weight excluding hydrogens is 378 g/mol. The van der Waals surface area contributed by atoms with Gasteiger partial charge in [0.05, 0.1) is 30.8 Å². The van der Waals surface area contributed by atoms with Crippen LogP contribution in [-0.4, -0.2) is 45.3 Å². The summed E-state index contributed by atoms with van der Waals surface area (Å²) in [5.74, 6) is -6.26. The number of nitrogens with zero attached hydrogens (tertiary/aromatic N) is 3. The molecule has 2 atom stereocenters. The number of piperidine rings is 1. The SMILES string of the molecule is Cc1ncc(CO)c(C2CCN(C(C=O)c3c(F)cccc3F)CC2(F)F)n1.